The van der Waals surface area contributed by atoms with Crippen LogP contribution in [0.5, 0.6) is 5.75 Å². The molecule has 1 spiro atoms. The number of fused-ring (bicyclic) bond motifs is 1. The van der Waals surface area contributed by atoms with E-state index in [-0.39, 0.29) is 47.2 Å². The van der Waals surface area contributed by atoms with Crippen molar-refractivity contribution in [1.29, 1.82) is 0 Å². The molecule has 2 aromatic carbocycles. The number of hydrogen-bond acceptors (Lipinski definition) is 7. The van der Waals surface area contributed by atoms with Gasteiger partial charge in [-0.1, -0.05) is 23.2 Å². The second-order valence-corrected chi connectivity index (χ2v) is 8.94. The number of Topliss-reactive ketones (excluding diaryl/α,β-unsaturated/α-hetero) is 1. The zero-order valence-electron chi connectivity index (χ0n) is 17.3. The number of rotatable bonds is 3. The second kappa shape index (κ2) is 8.27. The Morgan fingerprint density at radius 2 is 1.64 bits per heavy atom. The van der Waals surface area contributed by atoms with Crippen LogP contribution in [0.4, 0.5) is 11.4 Å². The minimum absolute atomic E-state index is 0.0974. The maximum Gasteiger partial charge on any atom is 0.279 e. The molecule has 172 valence electrons. The molecular weight excluding hydrogens is 477 g/mol. The maximum atomic E-state index is 13.0. The third-order valence-corrected chi connectivity index (χ3v) is 6.56. The van der Waals surface area contributed by atoms with Gasteiger partial charge in [-0.3, -0.25) is 29.8 Å². The van der Waals surface area contributed by atoms with E-state index >= 15 is 0 Å². The molecule has 2 aliphatic rings. The molecule has 1 fully saturated rings. The highest BCUT2D eigenvalue weighted by Gasteiger charge is 2.44. The van der Waals surface area contributed by atoms with Crippen LogP contribution in [-0.4, -0.2) is 45.1 Å². The molecule has 0 unspecified atom stereocenters. The van der Waals surface area contributed by atoms with Crippen LogP contribution in [-0.2, 0) is 0 Å². The third-order valence-electron chi connectivity index (χ3n) is 6.07. The fourth-order valence-corrected chi connectivity index (χ4v) is 4.81. The molecular formula is C21H17Cl2N3O7. The van der Waals surface area contributed by atoms with Crippen LogP contribution in [0.2, 0.25) is 10.0 Å². The minimum atomic E-state index is -0.844. The van der Waals surface area contributed by atoms with Gasteiger partial charge < -0.3 is 9.64 Å². The Bertz CT molecular complexity index is 1190. The Morgan fingerprint density at radius 1 is 1.06 bits per heavy atom. The Balaban J connectivity index is 1.56. The van der Waals surface area contributed by atoms with Crippen LogP contribution in [0, 0.1) is 27.2 Å². The predicted molar refractivity (Wildman–Crippen MR) is 118 cm³/mol. The van der Waals surface area contributed by atoms with Crippen LogP contribution in [0.3, 0.4) is 0 Å². The Kier molecular flexibility index (Phi) is 5.75. The molecule has 0 aromatic heterocycles. The molecule has 0 saturated carbocycles. The lowest BCUT2D eigenvalue weighted by Gasteiger charge is -2.44. The van der Waals surface area contributed by atoms with Crippen molar-refractivity contribution in [1.82, 2.24) is 4.90 Å². The van der Waals surface area contributed by atoms with Gasteiger partial charge in [0.25, 0.3) is 17.3 Å². The number of carbonyl (C=O) groups excluding carboxylic acids is 2. The van der Waals surface area contributed by atoms with Crippen molar-refractivity contribution in [2.45, 2.75) is 31.8 Å². The van der Waals surface area contributed by atoms with E-state index in [1.807, 2.05) is 0 Å². The molecule has 2 aromatic rings. The van der Waals surface area contributed by atoms with Crippen molar-refractivity contribution in [3.63, 3.8) is 0 Å². The Morgan fingerprint density at radius 3 is 2.18 bits per heavy atom. The van der Waals surface area contributed by atoms with E-state index in [0.29, 0.717) is 23.4 Å². The van der Waals surface area contributed by atoms with Gasteiger partial charge in [0.1, 0.15) is 16.9 Å². The molecule has 12 heteroatoms. The summed E-state index contributed by atoms with van der Waals surface area (Å²) in [6.45, 7) is 1.66. The van der Waals surface area contributed by atoms with E-state index in [9.17, 15) is 29.8 Å². The zero-order valence-corrected chi connectivity index (χ0v) is 18.8. The lowest BCUT2D eigenvalue weighted by molar-refractivity contribution is -0.395. The zero-order chi connectivity index (χ0) is 24.1. The number of nitro benzene ring substituents is 2. The molecule has 2 heterocycles. The number of carbonyl (C=O) groups is 2. The van der Waals surface area contributed by atoms with Gasteiger partial charge in [0, 0.05) is 43.1 Å². The quantitative estimate of drug-likeness (QED) is 0.444. The number of nitro groups is 2. The number of likely N-dealkylation sites (tertiary alicyclic amines) is 1. The Labute approximate surface area is 197 Å². The van der Waals surface area contributed by atoms with E-state index < -0.39 is 32.7 Å². The number of nitrogens with zero attached hydrogens (tertiary/aromatic N) is 3. The highest BCUT2D eigenvalue weighted by molar-refractivity contribution is 6.36. The van der Waals surface area contributed by atoms with E-state index in [1.165, 1.54) is 24.0 Å². The molecule has 0 bridgehead atoms. The van der Waals surface area contributed by atoms with Gasteiger partial charge >= 0.3 is 0 Å². The van der Waals surface area contributed by atoms with E-state index in [1.54, 1.807) is 0 Å². The molecule has 0 aliphatic carbocycles. The van der Waals surface area contributed by atoms with Gasteiger partial charge in [0.15, 0.2) is 5.78 Å². The van der Waals surface area contributed by atoms with Crippen LogP contribution < -0.4 is 4.74 Å². The van der Waals surface area contributed by atoms with Crippen molar-refractivity contribution >= 4 is 46.3 Å². The summed E-state index contributed by atoms with van der Waals surface area (Å²) >= 11 is 12.2. The van der Waals surface area contributed by atoms with Gasteiger partial charge in [-0.25, -0.2) is 0 Å². The van der Waals surface area contributed by atoms with Crippen molar-refractivity contribution < 1.29 is 24.2 Å². The van der Waals surface area contributed by atoms with Gasteiger partial charge in [-0.05, 0) is 19.1 Å². The number of benzene rings is 2. The van der Waals surface area contributed by atoms with Crippen molar-refractivity contribution in [3.8, 4) is 5.75 Å². The van der Waals surface area contributed by atoms with E-state index in [4.69, 9.17) is 27.9 Å². The van der Waals surface area contributed by atoms with Crippen LogP contribution in [0.1, 0.15) is 45.5 Å². The average Bonchev–Trinajstić information content (AvgIpc) is 2.74. The summed E-state index contributed by atoms with van der Waals surface area (Å²) < 4.78 is 6.14. The molecule has 33 heavy (non-hydrogen) atoms. The summed E-state index contributed by atoms with van der Waals surface area (Å²) in [5, 5.41) is 23.2. The average molecular weight is 494 g/mol. The maximum absolute atomic E-state index is 13.0. The number of ketones is 1. The first-order chi connectivity index (χ1) is 15.5. The predicted octanol–water partition coefficient (Wildman–Crippen LogP) is 4.76. The van der Waals surface area contributed by atoms with Gasteiger partial charge in [0.2, 0.25) is 0 Å². The highest BCUT2D eigenvalue weighted by atomic mass is 35.5. The molecule has 0 N–H and O–H groups in total. The van der Waals surface area contributed by atoms with Crippen molar-refractivity contribution in [2.24, 2.45) is 0 Å². The van der Waals surface area contributed by atoms with Crippen LogP contribution >= 0.6 is 23.2 Å². The molecule has 0 atom stereocenters. The minimum Gasteiger partial charge on any atom is -0.484 e. The van der Waals surface area contributed by atoms with Gasteiger partial charge in [-0.2, -0.15) is 0 Å². The molecule has 1 amide bonds. The summed E-state index contributed by atoms with van der Waals surface area (Å²) in [5.41, 5.74) is -1.78. The van der Waals surface area contributed by atoms with Crippen LogP contribution in [0.15, 0.2) is 24.3 Å². The largest absolute Gasteiger partial charge is 0.484 e. The van der Waals surface area contributed by atoms with Gasteiger partial charge in [-0.15, -0.1) is 0 Å². The topological polar surface area (TPSA) is 133 Å². The summed E-state index contributed by atoms with van der Waals surface area (Å²) in [6.07, 6.45) is 0.734. The van der Waals surface area contributed by atoms with Crippen molar-refractivity contribution in [2.75, 3.05) is 13.1 Å². The smallest absolute Gasteiger partial charge is 0.279 e. The summed E-state index contributed by atoms with van der Waals surface area (Å²) in [4.78, 5) is 48.3. The van der Waals surface area contributed by atoms with E-state index in [0.717, 1.165) is 12.1 Å². The number of amides is 1. The highest BCUT2D eigenvalue weighted by Crippen LogP contribution is 2.44. The van der Waals surface area contributed by atoms with Crippen molar-refractivity contribution in [3.05, 3.63) is 71.2 Å². The van der Waals surface area contributed by atoms with E-state index in [2.05, 4.69) is 0 Å². The number of halogens is 2. The lowest BCUT2D eigenvalue weighted by atomic mass is 9.82. The second-order valence-electron chi connectivity index (χ2n) is 8.10. The first kappa shape index (κ1) is 22.9. The third kappa shape index (κ3) is 4.11. The standard InChI is InChI=1S/C21H17Cl2N3O7/c1-11-16(25(29)30)6-12(7-17(11)26(31)32)20(28)24-4-2-21(3-5-24)10-18(27)14-8-13(22)9-15(23)19(14)33-21/h6-9H,2-5,10H2,1H3. The summed E-state index contributed by atoms with van der Waals surface area (Å²) in [5.74, 6) is -0.463. The first-order valence-electron chi connectivity index (χ1n) is 9.95. The molecule has 1 saturated heterocycles. The number of piperidine rings is 1. The first-order valence-corrected chi connectivity index (χ1v) is 10.7. The number of hydrogen-bond donors (Lipinski definition) is 0. The summed E-state index contributed by atoms with van der Waals surface area (Å²) in [7, 11) is 0. The molecule has 4 rings (SSSR count). The molecule has 0 radical (unpaired) electrons. The SMILES string of the molecule is Cc1c([N+](=O)[O-])cc(C(=O)N2CCC3(CC2)CC(=O)c2cc(Cl)cc(Cl)c2O3)cc1[N+](=O)[O-]. The summed E-state index contributed by atoms with van der Waals surface area (Å²) in [6, 6.07) is 5.10. The fraction of sp³-hybridized carbons (Fsp3) is 0.333. The van der Waals surface area contributed by atoms with Crippen LogP contribution in [0.25, 0.3) is 0 Å². The molecule has 2 aliphatic heterocycles. The lowest BCUT2D eigenvalue weighted by Crippen LogP contribution is -2.52. The van der Waals surface area contributed by atoms with Gasteiger partial charge in [0.05, 0.1) is 32.4 Å². The Hall–Kier alpha value is -3.24. The number of ether oxygens (including phenoxy) is 1. The fourth-order valence-electron chi connectivity index (χ4n) is 4.28. The monoisotopic (exact) mass is 493 g/mol. The normalized spacial score (nSPS) is 16.8. The molecule has 10 nitrogen and oxygen atoms in total.